The lowest BCUT2D eigenvalue weighted by molar-refractivity contribution is 0.166. The highest BCUT2D eigenvalue weighted by molar-refractivity contribution is 7.15. The number of anilines is 1. The van der Waals surface area contributed by atoms with Crippen molar-refractivity contribution >= 4 is 22.6 Å². The van der Waals surface area contributed by atoms with Gasteiger partial charge < -0.3 is 15.4 Å². The van der Waals surface area contributed by atoms with Crippen molar-refractivity contribution in [3.8, 4) is 0 Å². The van der Waals surface area contributed by atoms with E-state index in [9.17, 15) is 4.79 Å². The van der Waals surface area contributed by atoms with Gasteiger partial charge in [-0.2, -0.15) is 0 Å². The van der Waals surface area contributed by atoms with E-state index in [1.54, 1.807) is 7.05 Å². The maximum atomic E-state index is 11.1. The molecule has 0 radical (unpaired) electrons. The highest BCUT2D eigenvalue weighted by Crippen LogP contribution is 2.16. The van der Waals surface area contributed by atoms with Crippen LogP contribution in [0.2, 0.25) is 0 Å². The Morgan fingerprint density at radius 1 is 1.56 bits per heavy atom. The zero-order chi connectivity index (χ0) is 12.0. The zero-order valence-corrected chi connectivity index (χ0v) is 10.4. The average Bonchev–Trinajstić information content (AvgIpc) is 2.75. The van der Waals surface area contributed by atoms with Crippen LogP contribution in [0.3, 0.4) is 0 Å². The molecule has 16 heavy (non-hydrogen) atoms. The van der Waals surface area contributed by atoms with E-state index in [1.807, 2.05) is 6.92 Å². The van der Waals surface area contributed by atoms with E-state index in [4.69, 9.17) is 0 Å². The number of hydrogen-bond donors (Lipinski definition) is 2. The Hall–Kier alpha value is -1.37. The highest BCUT2D eigenvalue weighted by Gasteiger charge is 2.13. The summed E-state index contributed by atoms with van der Waals surface area (Å²) in [4.78, 5) is 11.1. The molecule has 0 spiro atoms. The monoisotopic (exact) mass is 244 g/mol. The molecular weight excluding hydrogens is 228 g/mol. The fourth-order valence-electron chi connectivity index (χ4n) is 1.17. The summed E-state index contributed by atoms with van der Waals surface area (Å²) >= 11 is 1.49. The van der Waals surface area contributed by atoms with Crippen molar-refractivity contribution < 1.29 is 9.53 Å². The predicted molar refractivity (Wildman–Crippen MR) is 62.8 cm³/mol. The van der Waals surface area contributed by atoms with Crippen LogP contribution in [0.4, 0.5) is 9.93 Å². The van der Waals surface area contributed by atoms with Crippen molar-refractivity contribution in [2.24, 2.45) is 0 Å². The summed E-state index contributed by atoms with van der Waals surface area (Å²) in [6, 6.07) is 0.0325. The first-order chi connectivity index (χ1) is 7.69. The molecule has 1 amide bonds. The number of carbonyl (C=O) groups is 1. The maximum Gasteiger partial charge on any atom is 0.407 e. The number of amides is 1. The molecule has 1 aromatic heterocycles. The molecule has 90 valence electrons. The summed E-state index contributed by atoms with van der Waals surface area (Å²) in [6.07, 6.45) is 1.08. The number of rotatable bonds is 5. The summed E-state index contributed by atoms with van der Waals surface area (Å²) in [5.41, 5.74) is 0. The molecular formula is C9H16N4O2S. The van der Waals surface area contributed by atoms with Gasteiger partial charge in [-0.3, -0.25) is 0 Å². The smallest absolute Gasteiger partial charge is 0.407 e. The molecule has 0 aromatic carbocycles. The van der Waals surface area contributed by atoms with Gasteiger partial charge in [-0.05, 0) is 6.42 Å². The maximum absolute atomic E-state index is 11.1. The normalized spacial score (nSPS) is 11.9. The van der Waals surface area contributed by atoms with Crippen LogP contribution in [0.1, 0.15) is 18.4 Å². The molecule has 0 saturated heterocycles. The average molecular weight is 244 g/mol. The third kappa shape index (κ3) is 3.65. The van der Waals surface area contributed by atoms with Crippen LogP contribution < -0.4 is 10.6 Å². The Morgan fingerprint density at radius 3 is 2.81 bits per heavy atom. The van der Waals surface area contributed by atoms with Crippen LogP contribution >= 0.6 is 11.3 Å². The summed E-state index contributed by atoms with van der Waals surface area (Å²) in [5, 5.41) is 15.3. The first-order valence-electron chi connectivity index (χ1n) is 5.04. The third-order valence-corrected chi connectivity index (χ3v) is 3.06. The molecule has 6 nitrogen and oxygen atoms in total. The van der Waals surface area contributed by atoms with E-state index < -0.39 is 6.09 Å². The van der Waals surface area contributed by atoms with Gasteiger partial charge in [0, 0.05) is 19.5 Å². The largest absolute Gasteiger partial charge is 0.453 e. The zero-order valence-electron chi connectivity index (χ0n) is 9.61. The van der Waals surface area contributed by atoms with Crippen molar-refractivity contribution in [3.05, 3.63) is 5.01 Å². The molecule has 1 aromatic rings. The van der Waals surface area contributed by atoms with Gasteiger partial charge in [0.15, 0.2) is 0 Å². The first-order valence-corrected chi connectivity index (χ1v) is 5.85. The number of carbonyl (C=O) groups excluding carboxylic acids is 1. The Morgan fingerprint density at radius 2 is 2.31 bits per heavy atom. The summed E-state index contributed by atoms with van der Waals surface area (Å²) < 4.78 is 4.55. The third-order valence-electron chi connectivity index (χ3n) is 2.10. The number of nitrogens with zero attached hydrogens (tertiary/aromatic N) is 2. The van der Waals surface area contributed by atoms with E-state index in [-0.39, 0.29) is 6.04 Å². The standard InChI is InChI=1S/C9H16N4O2S/c1-4-6(11-9(14)15-3)5-7-12-13-8(10-2)16-7/h6H,4-5H2,1-3H3,(H,10,13)(H,11,14). The molecule has 2 N–H and O–H groups in total. The van der Waals surface area contributed by atoms with Crippen LogP contribution in [0.25, 0.3) is 0 Å². The Kier molecular flexibility index (Phi) is 4.97. The minimum absolute atomic E-state index is 0.0325. The Balaban J connectivity index is 2.52. The van der Waals surface area contributed by atoms with Gasteiger partial charge in [0.25, 0.3) is 0 Å². The predicted octanol–water partition coefficient (Wildman–Crippen LogP) is 1.26. The molecule has 1 atom stereocenters. The van der Waals surface area contributed by atoms with Crippen molar-refractivity contribution in [1.29, 1.82) is 0 Å². The summed E-state index contributed by atoms with van der Waals surface area (Å²) in [5.74, 6) is 0. The van der Waals surface area contributed by atoms with Gasteiger partial charge in [0.1, 0.15) is 5.01 Å². The fourth-order valence-corrected chi connectivity index (χ4v) is 1.94. The van der Waals surface area contributed by atoms with Crippen LogP contribution in [0.5, 0.6) is 0 Å². The van der Waals surface area contributed by atoms with Crippen molar-refractivity contribution in [2.45, 2.75) is 25.8 Å². The minimum atomic E-state index is -0.412. The fraction of sp³-hybridized carbons (Fsp3) is 0.667. The second kappa shape index (κ2) is 6.26. The van der Waals surface area contributed by atoms with Crippen molar-refractivity contribution in [2.75, 3.05) is 19.5 Å². The quantitative estimate of drug-likeness (QED) is 0.815. The van der Waals surface area contributed by atoms with Gasteiger partial charge in [-0.15, -0.1) is 10.2 Å². The topological polar surface area (TPSA) is 76.1 Å². The lowest BCUT2D eigenvalue weighted by Gasteiger charge is -2.13. The molecule has 0 aliphatic carbocycles. The number of methoxy groups -OCH3 is 1. The molecule has 0 fully saturated rings. The van der Waals surface area contributed by atoms with E-state index in [2.05, 4.69) is 25.6 Å². The Bertz CT molecular complexity index is 342. The van der Waals surface area contributed by atoms with Crippen LogP contribution in [0.15, 0.2) is 0 Å². The number of hydrogen-bond acceptors (Lipinski definition) is 6. The van der Waals surface area contributed by atoms with E-state index in [1.165, 1.54) is 18.4 Å². The van der Waals surface area contributed by atoms with Crippen LogP contribution in [-0.4, -0.2) is 36.5 Å². The number of nitrogens with one attached hydrogen (secondary N) is 2. The lowest BCUT2D eigenvalue weighted by atomic mass is 10.2. The van der Waals surface area contributed by atoms with Crippen LogP contribution in [-0.2, 0) is 11.2 Å². The molecule has 0 saturated carbocycles. The summed E-state index contributed by atoms with van der Waals surface area (Å²) in [6.45, 7) is 2.00. The van der Waals surface area contributed by atoms with Gasteiger partial charge >= 0.3 is 6.09 Å². The minimum Gasteiger partial charge on any atom is -0.453 e. The number of aromatic nitrogens is 2. The second-order valence-corrected chi connectivity index (χ2v) is 4.26. The molecule has 1 heterocycles. The van der Waals surface area contributed by atoms with E-state index in [0.717, 1.165) is 16.6 Å². The molecule has 1 unspecified atom stereocenters. The SMILES string of the molecule is CCC(Cc1nnc(NC)s1)NC(=O)OC. The molecule has 1 rings (SSSR count). The molecule has 7 heteroatoms. The highest BCUT2D eigenvalue weighted by atomic mass is 32.1. The first kappa shape index (κ1) is 12.7. The van der Waals surface area contributed by atoms with Gasteiger partial charge in [-0.25, -0.2) is 4.79 Å². The number of ether oxygens (including phenoxy) is 1. The van der Waals surface area contributed by atoms with E-state index in [0.29, 0.717) is 6.42 Å². The molecule has 0 bridgehead atoms. The number of alkyl carbamates (subject to hydrolysis) is 1. The molecule has 0 aliphatic heterocycles. The second-order valence-electron chi connectivity index (χ2n) is 3.20. The van der Waals surface area contributed by atoms with Gasteiger partial charge in [0.2, 0.25) is 5.13 Å². The Labute approximate surface area is 98.4 Å². The lowest BCUT2D eigenvalue weighted by Crippen LogP contribution is -2.35. The van der Waals surface area contributed by atoms with Crippen LogP contribution in [0, 0.1) is 0 Å². The van der Waals surface area contributed by atoms with E-state index >= 15 is 0 Å². The van der Waals surface area contributed by atoms with Gasteiger partial charge in [0.05, 0.1) is 7.11 Å². The van der Waals surface area contributed by atoms with Gasteiger partial charge in [-0.1, -0.05) is 18.3 Å². The summed E-state index contributed by atoms with van der Waals surface area (Å²) in [7, 11) is 3.15. The van der Waals surface area contributed by atoms with Crippen molar-refractivity contribution in [1.82, 2.24) is 15.5 Å². The van der Waals surface area contributed by atoms with Crippen molar-refractivity contribution in [3.63, 3.8) is 0 Å². The molecule has 0 aliphatic rings.